The molecule has 80 valence electrons. The van der Waals surface area contributed by atoms with Crippen molar-refractivity contribution >= 4 is 0 Å². The third kappa shape index (κ3) is 2.35. The molecule has 1 aromatic rings. The van der Waals surface area contributed by atoms with Crippen LogP contribution in [0.25, 0.3) is 0 Å². The van der Waals surface area contributed by atoms with Crippen molar-refractivity contribution in [1.29, 1.82) is 0 Å². The third-order valence-electron chi connectivity index (χ3n) is 2.74. The molecule has 3 nitrogen and oxygen atoms in total. The summed E-state index contributed by atoms with van der Waals surface area (Å²) in [6.07, 6.45) is 0. The molecule has 1 heterocycles. The smallest absolute Gasteiger partial charge is 0.0625 e. The van der Waals surface area contributed by atoms with E-state index >= 15 is 0 Å². The molecular weight excluding hydrogens is 174 g/mol. The Morgan fingerprint density at radius 2 is 2.00 bits per heavy atom. The van der Waals surface area contributed by atoms with Gasteiger partial charge in [0.05, 0.1) is 12.2 Å². The predicted octanol–water partition coefficient (Wildman–Crippen LogP) is 1.81. The van der Waals surface area contributed by atoms with E-state index in [1.54, 1.807) is 0 Å². The summed E-state index contributed by atoms with van der Waals surface area (Å²) in [6.45, 7) is 12.6. The first-order chi connectivity index (χ1) is 6.56. The number of nitrogens with one attached hydrogen (secondary N) is 1. The summed E-state index contributed by atoms with van der Waals surface area (Å²) in [5.74, 6) is 0. The fraction of sp³-hybridized carbons (Fsp3) is 0.727. The standard InChI is InChI=1S/C11H21N3/c1-6-12-8(2)7-14-11(5)9(3)10(4)13-14/h8,12H,6-7H2,1-5H3. The summed E-state index contributed by atoms with van der Waals surface area (Å²) >= 11 is 0. The van der Waals surface area contributed by atoms with Gasteiger partial charge in [-0.05, 0) is 39.8 Å². The number of aryl methyl sites for hydroxylation is 1. The first-order valence-corrected chi connectivity index (χ1v) is 5.30. The van der Waals surface area contributed by atoms with Crippen molar-refractivity contribution in [3.63, 3.8) is 0 Å². The summed E-state index contributed by atoms with van der Waals surface area (Å²) in [5, 5.41) is 7.90. The molecule has 0 aliphatic heterocycles. The summed E-state index contributed by atoms with van der Waals surface area (Å²) in [6, 6.07) is 0.484. The van der Waals surface area contributed by atoms with Crippen LogP contribution in [0.3, 0.4) is 0 Å². The summed E-state index contributed by atoms with van der Waals surface area (Å²) in [7, 11) is 0. The Bertz CT molecular complexity index is 302. The van der Waals surface area contributed by atoms with Gasteiger partial charge in [0, 0.05) is 11.7 Å². The van der Waals surface area contributed by atoms with Gasteiger partial charge in [-0.25, -0.2) is 0 Å². The molecule has 0 saturated carbocycles. The molecule has 1 rings (SSSR count). The van der Waals surface area contributed by atoms with Crippen LogP contribution in [0.4, 0.5) is 0 Å². The second-order valence-corrected chi connectivity index (χ2v) is 3.94. The lowest BCUT2D eigenvalue weighted by Gasteiger charge is -2.13. The Morgan fingerprint density at radius 3 is 2.43 bits per heavy atom. The van der Waals surface area contributed by atoms with Crippen LogP contribution < -0.4 is 5.32 Å². The summed E-state index contributed by atoms with van der Waals surface area (Å²) in [5.41, 5.74) is 3.74. The Balaban J connectivity index is 2.72. The minimum atomic E-state index is 0.484. The van der Waals surface area contributed by atoms with Gasteiger partial charge in [0.25, 0.3) is 0 Å². The van der Waals surface area contributed by atoms with Gasteiger partial charge in [-0.15, -0.1) is 0 Å². The van der Waals surface area contributed by atoms with E-state index < -0.39 is 0 Å². The van der Waals surface area contributed by atoms with Gasteiger partial charge in [-0.2, -0.15) is 5.10 Å². The van der Waals surface area contributed by atoms with Crippen LogP contribution in [0, 0.1) is 20.8 Å². The maximum atomic E-state index is 4.51. The first kappa shape index (κ1) is 11.2. The third-order valence-corrected chi connectivity index (χ3v) is 2.74. The average molecular weight is 195 g/mol. The molecule has 0 spiro atoms. The average Bonchev–Trinajstić information content (AvgIpc) is 2.34. The molecule has 3 heteroatoms. The molecule has 0 aliphatic rings. The Labute approximate surface area is 86.5 Å². The maximum absolute atomic E-state index is 4.51. The maximum Gasteiger partial charge on any atom is 0.0625 e. The van der Waals surface area contributed by atoms with E-state index in [0.717, 1.165) is 18.8 Å². The zero-order valence-corrected chi connectivity index (χ0v) is 9.89. The van der Waals surface area contributed by atoms with Gasteiger partial charge in [0.15, 0.2) is 0 Å². The first-order valence-electron chi connectivity index (χ1n) is 5.30. The second kappa shape index (κ2) is 4.60. The molecular formula is C11H21N3. The van der Waals surface area contributed by atoms with Crippen molar-refractivity contribution in [2.45, 2.75) is 47.2 Å². The SMILES string of the molecule is CCNC(C)Cn1nc(C)c(C)c1C. The van der Waals surface area contributed by atoms with Gasteiger partial charge in [-0.3, -0.25) is 4.68 Å². The highest BCUT2D eigenvalue weighted by Gasteiger charge is 2.09. The van der Waals surface area contributed by atoms with Crippen LogP contribution in [-0.4, -0.2) is 22.4 Å². The van der Waals surface area contributed by atoms with E-state index in [1.807, 2.05) is 0 Å². The van der Waals surface area contributed by atoms with Crippen molar-refractivity contribution in [2.24, 2.45) is 0 Å². The van der Waals surface area contributed by atoms with E-state index in [-0.39, 0.29) is 0 Å². The Hall–Kier alpha value is -0.830. The molecule has 1 N–H and O–H groups in total. The number of rotatable bonds is 4. The predicted molar refractivity (Wildman–Crippen MR) is 59.6 cm³/mol. The van der Waals surface area contributed by atoms with Crippen molar-refractivity contribution in [2.75, 3.05) is 6.54 Å². The van der Waals surface area contributed by atoms with Gasteiger partial charge >= 0.3 is 0 Å². The van der Waals surface area contributed by atoms with Crippen LogP contribution in [0.5, 0.6) is 0 Å². The van der Waals surface area contributed by atoms with E-state index in [0.29, 0.717) is 6.04 Å². The highest BCUT2D eigenvalue weighted by atomic mass is 15.3. The van der Waals surface area contributed by atoms with E-state index in [1.165, 1.54) is 11.3 Å². The number of aromatic nitrogens is 2. The fourth-order valence-corrected chi connectivity index (χ4v) is 1.64. The summed E-state index contributed by atoms with van der Waals surface area (Å²) in [4.78, 5) is 0. The van der Waals surface area contributed by atoms with Crippen molar-refractivity contribution in [1.82, 2.24) is 15.1 Å². The van der Waals surface area contributed by atoms with Gasteiger partial charge < -0.3 is 5.32 Å². The van der Waals surface area contributed by atoms with Crippen molar-refractivity contribution in [3.8, 4) is 0 Å². The molecule has 0 amide bonds. The molecule has 14 heavy (non-hydrogen) atoms. The summed E-state index contributed by atoms with van der Waals surface area (Å²) < 4.78 is 2.10. The van der Waals surface area contributed by atoms with Crippen LogP contribution in [0.2, 0.25) is 0 Å². The monoisotopic (exact) mass is 195 g/mol. The van der Waals surface area contributed by atoms with Gasteiger partial charge in [-0.1, -0.05) is 6.92 Å². The largest absolute Gasteiger partial charge is 0.313 e. The van der Waals surface area contributed by atoms with Crippen molar-refractivity contribution in [3.05, 3.63) is 17.0 Å². The Morgan fingerprint density at radius 1 is 1.36 bits per heavy atom. The zero-order chi connectivity index (χ0) is 10.7. The molecule has 0 saturated heterocycles. The molecule has 0 fully saturated rings. The minimum absolute atomic E-state index is 0.484. The normalized spacial score (nSPS) is 13.2. The highest BCUT2D eigenvalue weighted by Crippen LogP contribution is 2.11. The van der Waals surface area contributed by atoms with E-state index in [2.05, 4.69) is 49.7 Å². The minimum Gasteiger partial charge on any atom is -0.313 e. The molecule has 1 unspecified atom stereocenters. The lowest BCUT2D eigenvalue weighted by Crippen LogP contribution is -2.30. The molecule has 0 aliphatic carbocycles. The van der Waals surface area contributed by atoms with Gasteiger partial charge in [0.2, 0.25) is 0 Å². The number of likely N-dealkylation sites (N-methyl/N-ethyl adjacent to an activating group) is 1. The molecule has 1 atom stereocenters. The zero-order valence-electron chi connectivity index (χ0n) is 9.89. The van der Waals surface area contributed by atoms with Crippen LogP contribution >= 0.6 is 0 Å². The molecule has 0 aromatic carbocycles. The number of hydrogen-bond acceptors (Lipinski definition) is 2. The van der Waals surface area contributed by atoms with Crippen molar-refractivity contribution < 1.29 is 0 Å². The van der Waals surface area contributed by atoms with Crippen LogP contribution in [0.15, 0.2) is 0 Å². The second-order valence-electron chi connectivity index (χ2n) is 3.94. The van der Waals surface area contributed by atoms with Crippen LogP contribution in [-0.2, 0) is 6.54 Å². The molecule has 0 radical (unpaired) electrons. The Kier molecular flexibility index (Phi) is 3.69. The fourth-order valence-electron chi connectivity index (χ4n) is 1.64. The topological polar surface area (TPSA) is 29.9 Å². The van der Waals surface area contributed by atoms with E-state index in [9.17, 15) is 0 Å². The lowest BCUT2D eigenvalue weighted by atomic mass is 10.2. The van der Waals surface area contributed by atoms with E-state index in [4.69, 9.17) is 0 Å². The molecule has 1 aromatic heterocycles. The van der Waals surface area contributed by atoms with Crippen LogP contribution in [0.1, 0.15) is 30.8 Å². The number of hydrogen-bond donors (Lipinski definition) is 1. The highest BCUT2D eigenvalue weighted by molar-refractivity contribution is 5.22. The lowest BCUT2D eigenvalue weighted by molar-refractivity contribution is 0.454. The van der Waals surface area contributed by atoms with Gasteiger partial charge in [0.1, 0.15) is 0 Å². The quantitative estimate of drug-likeness (QED) is 0.794. The molecule has 0 bridgehead atoms. The number of nitrogens with zero attached hydrogens (tertiary/aromatic N) is 2.